The van der Waals surface area contributed by atoms with E-state index in [2.05, 4.69) is 29.5 Å². The molecule has 0 spiro atoms. The molecule has 1 aromatic heterocycles. The third-order valence-corrected chi connectivity index (χ3v) is 3.53. The minimum atomic E-state index is -0.214. The highest BCUT2D eigenvalue weighted by Crippen LogP contribution is 2.25. The number of aryl methyl sites for hydroxylation is 2. The van der Waals surface area contributed by atoms with Crippen LogP contribution in [-0.4, -0.2) is 21.5 Å². The van der Waals surface area contributed by atoms with Gasteiger partial charge in [0.15, 0.2) is 0 Å². The Bertz CT molecular complexity index is 579. The summed E-state index contributed by atoms with van der Waals surface area (Å²) in [7, 11) is 0. The SMILES string of the molecule is CCCNC(c1cc(F)ccc1C)c1cnnn1CCC. The van der Waals surface area contributed by atoms with Gasteiger partial charge in [-0.1, -0.05) is 25.1 Å². The van der Waals surface area contributed by atoms with Crippen LogP contribution >= 0.6 is 0 Å². The molecule has 114 valence electrons. The largest absolute Gasteiger partial charge is 0.305 e. The Labute approximate surface area is 125 Å². The van der Waals surface area contributed by atoms with Crippen LogP contribution in [0.3, 0.4) is 0 Å². The van der Waals surface area contributed by atoms with Crippen molar-refractivity contribution in [2.75, 3.05) is 6.54 Å². The zero-order valence-electron chi connectivity index (χ0n) is 12.9. The van der Waals surface area contributed by atoms with E-state index in [0.29, 0.717) is 0 Å². The van der Waals surface area contributed by atoms with Crippen molar-refractivity contribution in [1.82, 2.24) is 20.3 Å². The van der Waals surface area contributed by atoms with Gasteiger partial charge in [-0.05, 0) is 49.6 Å². The molecular formula is C16H23FN4. The minimum absolute atomic E-state index is 0.0813. The number of hydrogen-bond acceptors (Lipinski definition) is 3. The molecule has 0 amide bonds. The van der Waals surface area contributed by atoms with Crippen LogP contribution in [0.15, 0.2) is 24.4 Å². The van der Waals surface area contributed by atoms with Crippen LogP contribution in [0.4, 0.5) is 4.39 Å². The molecule has 0 saturated carbocycles. The first-order valence-corrected chi connectivity index (χ1v) is 7.55. The van der Waals surface area contributed by atoms with Gasteiger partial charge in [0.2, 0.25) is 0 Å². The highest BCUT2D eigenvalue weighted by molar-refractivity contribution is 5.34. The number of aromatic nitrogens is 3. The summed E-state index contributed by atoms with van der Waals surface area (Å²) in [5, 5.41) is 11.7. The van der Waals surface area contributed by atoms with E-state index in [1.54, 1.807) is 12.3 Å². The molecular weight excluding hydrogens is 267 g/mol. The minimum Gasteiger partial charge on any atom is -0.305 e. The van der Waals surface area contributed by atoms with E-state index >= 15 is 0 Å². The predicted octanol–water partition coefficient (Wildman–Crippen LogP) is 3.22. The van der Waals surface area contributed by atoms with Crippen molar-refractivity contribution >= 4 is 0 Å². The van der Waals surface area contributed by atoms with Crippen LogP contribution in [-0.2, 0) is 6.54 Å². The molecule has 0 radical (unpaired) electrons. The standard InChI is InChI=1S/C16H23FN4/c1-4-8-18-16(14-10-13(17)7-6-12(14)3)15-11-19-20-21(15)9-5-2/h6-7,10-11,16,18H,4-5,8-9H2,1-3H3. The molecule has 0 aliphatic heterocycles. The summed E-state index contributed by atoms with van der Waals surface area (Å²) in [4.78, 5) is 0. The van der Waals surface area contributed by atoms with Crippen LogP contribution in [0, 0.1) is 12.7 Å². The maximum atomic E-state index is 13.7. The summed E-state index contributed by atoms with van der Waals surface area (Å²) >= 11 is 0. The van der Waals surface area contributed by atoms with Crippen molar-refractivity contribution in [1.29, 1.82) is 0 Å². The van der Waals surface area contributed by atoms with Gasteiger partial charge in [0.25, 0.3) is 0 Å². The van der Waals surface area contributed by atoms with Crippen LogP contribution in [0.5, 0.6) is 0 Å². The molecule has 0 aliphatic carbocycles. The topological polar surface area (TPSA) is 42.7 Å². The summed E-state index contributed by atoms with van der Waals surface area (Å²) < 4.78 is 15.6. The lowest BCUT2D eigenvalue weighted by Gasteiger charge is -2.21. The van der Waals surface area contributed by atoms with E-state index in [9.17, 15) is 4.39 Å². The van der Waals surface area contributed by atoms with E-state index in [-0.39, 0.29) is 11.9 Å². The molecule has 0 aliphatic rings. The number of hydrogen-bond donors (Lipinski definition) is 1. The molecule has 1 heterocycles. The second kappa shape index (κ2) is 7.31. The van der Waals surface area contributed by atoms with Crippen molar-refractivity contribution in [3.8, 4) is 0 Å². The van der Waals surface area contributed by atoms with Gasteiger partial charge >= 0.3 is 0 Å². The molecule has 0 bridgehead atoms. The second-order valence-corrected chi connectivity index (χ2v) is 5.27. The van der Waals surface area contributed by atoms with Gasteiger partial charge in [0.1, 0.15) is 5.82 Å². The molecule has 1 aromatic carbocycles. The average molecular weight is 290 g/mol. The lowest BCUT2D eigenvalue weighted by Crippen LogP contribution is -2.26. The molecule has 2 rings (SSSR count). The number of nitrogens with one attached hydrogen (secondary N) is 1. The Morgan fingerprint density at radius 1 is 1.29 bits per heavy atom. The summed E-state index contributed by atoms with van der Waals surface area (Å²) in [6.45, 7) is 7.90. The number of benzene rings is 1. The van der Waals surface area contributed by atoms with Gasteiger partial charge in [0, 0.05) is 6.54 Å². The fraction of sp³-hybridized carbons (Fsp3) is 0.500. The van der Waals surface area contributed by atoms with Crippen LogP contribution in [0.25, 0.3) is 0 Å². The normalized spacial score (nSPS) is 12.6. The fourth-order valence-electron chi connectivity index (χ4n) is 2.46. The van der Waals surface area contributed by atoms with Gasteiger partial charge in [-0.2, -0.15) is 0 Å². The Hall–Kier alpha value is -1.75. The zero-order chi connectivity index (χ0) is 15.2. The first kappa shape index (κ1) is 15.6. The summed E-state index contributed by atoms with van der Waals surface area (Å²) in [5.41, 5.74) is 3.00. The number of halogens is 1. The highest BCUT2D eigenvalue weighted by atomic mass is 19.1. The predicted molar refractivity (Wildman–Crippen MR) is 81.6 cm³/mol. The van der Waals surface area contributed by atoms with Gasteiger partial charge in [-0.15, -0.1) is 5.10 Å². The molecule has 1 unspecified atom stereocenters. The Balaban J connectivity index is 2.42. The van der Waals surface area contributed by atoms with Gasteiger partial charge in [-0.25, -0.2) is 9.07 Å². The Kier molecular flexibility index (Phi) is 5.44. The van der Waals surface area contributed by atoms with Crippen molar-refractivity contribution in [3.63, 3.8) is 0 Å². The van der Waals surface area contributed by atoms with Crippen LogP contribution < -0.4 is 5.32 Å². The van der Waals surface area contributed by atoms with Crippen molar-refractivity contribution in [2.24, 2.45) is 0 Å². The van der Waals surface area contributed by atoms with Gasteiger partial charge in [0.05, 0.1) is 17.9 Å². The lowest BCUT2D eigenvalue weighted by molar-refractivity contribution is 0.501. The summed E-state index contributed by atoms with van der Waals surface area (Å²) in [6.07, 6.45) is 3.77. The third kappa shape index (κ3) is 3.67. The van der Waals surface area contributed by atoms with E-state index in [4.69, 9.17) is 0 Å². The Morgan fingerprint density at radius 3 is 2.81 bits per heavy atom. The molecule has 21 heavy (non-hydrogen) atoms. The monoisotopic (exact) mass is 290 g/mol. The average Bonchev–Trinajstić information content (AvgIpc) is 2.92. The zero-order valence-corrected chi connectivity index (χ0v) is 12.9. The quantitative estimate of drug-likeness (QED) is 0.851. The van der Waals surface area contributed by atoms with Crippen molar-refractivity contribution in [3.05, 3.63) is 47.0 Å². The van der Waals surface area contributed by atoms with Gasteiger partial charge < -0.3 is 5.32 Å². The molecule has 4 nitrogen and oxygen atoms in total. The number of nitrogens with zero attached hydrogens (tertiary/aromatic N) is 3. The fourth-order valence-corrected chi connectivity index (χ4v) is 2.46. The molecule has 2 aromatic rings. The maximum Gasteiger partial charge on any atom is 0.123 e. The first-order valence-electron chi connectivity index (χ1n) is 7.55. The molecule has 1 N–H and O–H groups in total. The van der Waals surface area contributed by atoms with Crippen LogP contribution in [0.1, 0.15) is 49.6 Å². The van der Waals surface area contributed by atoms with Crippen molar-refractivity contribution < 1.29 is 4.39 Å². The number of rotatable bonds is 7. The molecule has 1 atom stereocenters. The lowest BCUT2D eigenvalue weighted by atomic mass is 9.98. The van der Waals surface area contributed by atoms with Crippen LogP contribution in [0.2, 0.25) is 0 Å². The molecule has 0 saturated heterocycles. The first-order chi connectivity index (χ1) is 10.2. The highest BCUT2D eigenvalue weighted by Gasteiger charge is 2.20. The summed E-state index contributed by atoms with van der Waals surface area (Å²) in [5.74, 6) is -0.214. The summed E-state index contributed by atoms with van der Waals surface area (Å²) in [6, 6.07) is 4.84. The smallest absolute Gasteiger partial charge is 0.123 e. The van der Waals surface area contributed by atoms with Gasteiger partial charge in [-0.3, -0.25) is 0 Å². The molecule has 0 fully saturated rings. The third-order valence-electron chi connectivity index (χ3n) is 3.53. The van der Waals surface area contributed by atoms with E-state index < -0.39 is 0 Å². The Morgan fingerprint density at radius 2 is 2.10 bits per heavy atom. The second-order valence-electron chi connectivity index (χ2n) is 5.27. The van der Waals surface area contributed by atoms with Crippen molar-refractivity contribution in [2.45, 2.75) is 46.2 Å². The molecule has 5 heteroatoms. The van der Waals surface area contributed by atoms with E-state index in [1.165, 1.54) is 6.07 Å². The van der Waals surface area contributed by atoms with E-state index in [0.717, 1.165) is 42.8 Å². The maximum absolute atomic E-state index is 13.7. The van der Waals surface area contributed by atoms with E-state index in [1.807, 2.05) is 17.7 Å².